The van der Waals surface area contributed by atoms with Crippen LogP contribution >= 0.6 is 0 Å². The van der Waals surface area contributed by atoms with E-state index in [-0.39, 0.29) is 23.5 Å². The fraction of sp³-hybridized carbons (Fsp3) is 0.368. The highest BCUT2D eigenvalue weighted by Crippen LogP contribution is 2.31. The van der Waals surface area contributed by atoms with Crippen LogP contribution in [0.1, 0.15) is 42.2 Å². The molecule has 0 saturated heterocycles. The van der Waals surface area contributed by atoms with Crippen molar-refractivity contribution in [2.75, 3.05) is 7.11 Å². The van der Waals surface area contributed by atoms with Crippen molar-refractivity contribution in [1.29, 1.82) is 0 Å². The lowest BCUT2D eigenvalue weighted by Crippen LogP contribution is -2.28. The summed E-state index contributed by atoms with van der Waals surface area (Å²) in [6.07, 6.45) is 3.58. The molecule has 2 aromatic heterocycles. The number of ether oxygens (including phenoxy) is 1. The maximum absolute atomic E-state index is 12.7. The number of nitrogens with zero attached hydrogens (tertiary/aromatic N) is 3. The van der Waals surface area contributed by atoms with Crippen LogP contribution < -0.4 is 11.4 Å². The van der Waals surface area contributed by atoms with Crippen molar-refractivity contribution in [3.05, 3.63) is 46.5 Å². The monoisotopic (exact) mass is 367 g/mol. The van der Waals surface area contributed by atoms with E-state index in [9.17, 15) is 9.59 Å². The third kappa shape index (κ3) is 3.12. The second kappa shape index (κ2) is 6.96. The molecule has 8 nitrogen and oxygen atoms in total. The number of fused-ring (bicyclic) bond motifs is 1. The molecule has 0 bridgehead atoms. The van der Waals surface area contributed by atoms with Crippen molar-refractivity contribution in [3.8, 4) is 11.4 Å². The van der Waals surface area contributed by atoms with Gasteiger partial charge in [0, 0.05) is 18.7 Å². The van der Waals surface area contributed by atoms with E-state index in [1.165, 1.54) is 0 Å². The summed E-state index contributed by atoms with van der Waals surface area (Å²) in [6, 6.07) is 9.32. The first-order valence-electron chi connectivity index (χ1n) is 8.98. The molecule has 4 rings (SSSR count). The van der Waals surface area contributed by atoms with Crippen molar-refractivity contribution in [1.82, 2.24) is 19.5 Å². The van der Waals surface area contributed by atoms with E-state index in [2.05, 4.69) is 15.0 Å². The fourth-order valence-corrected chi connectivity index (χ4v) is 3.77. The van der Waals surface area contributed by atoms with E-state index in [4.69, 9.17) is 10.5 Å². The molecule has 3 aromatic rings. The first-order valence-corrected chi connectivity index (χ1v) is 8.98. The highest BCUT2D eigenvalue weighted by molar-refractivity contribution is 6.01. The Kier molecular flexibility index (Phi) is 4.49. The molecule has 1 aromatic carbocycles. The van der Waals surface area contributed by atoms with Crippen LogP contribution in [0.25, 0.3) is 22.6 Å². The maximum atomic E-state index is 12.7. The summed E-state index contributed by atoms with van der Waals surface area (Å²) in [5.74, 6) is -0.328. The first kappa shape index (κ1) is 17.4. The van der Waals surface area contributed by atoms with Gasteiger partial charge >= 0.3 is 5.69 Å². The lowest BCUT2D eigenvalue weighted by molar-refractivity contribution is 0.0585. The summed E-state index contributed by atoms with van der Waals surface area (Å²) in [5.41, 5.74) is 6.72. The Morgan fingerprint density at radius 1 is 1.19 bits per heavy atom. The number of methoxy groups -OCH3 is 1. The van der Waals surface area contributed by atoms with Gasteiger partial charge in [-0.3, -0.25) is 9.36 Å². The minimum absolute atomic E-state index is 0.00287. The SMILES string of the molecule is COC1CCC(n2c(=O)[nH]c3c(C(N)=O)nc(-c4ccccc4)nc32)CC1. The first-order chi connectivity index (χ1) is 13.1. The largest absolute Gasteiger partial charge is 0.381 e. The Balaban J connectivity index is 1.88. The number of rotatable bonds is 4. The molecule has 1 aliphatic carbocycles. The molecule has 1 aliphatic rings. The van der Waals surface area contributed by atoms with Crippen LogP contribution in [0.5, 0.6) is 0 Å². The summed E-state index contributed by atoms with van der Waals surface area (Å²) < 4.78 is 7.06. The topological polar surface area (TPSA) is 116 Å². The van der Waals surface area contributed by atoms with E-state index in [1.807, 2.05) is 30.3 Å². The van der Waals surface area contributed by atoms with Gasteiger partial charge < -0.3 is 15.5 Å². The number of imidazole rings is 1. The molecule has 1 saturated carbocycles. The van der Waals surface area contributed by atoms with E-state index < -0.39 is 5.91 Å². The second-order valence-electron chi connectivity index (χ2n) is 6.79. The zero-order chi connectivity index (χ0) is 19.0. The number of aromatic amines is 1. The van der Waals surface area contributed by atoms with Gasteiger partial charge in [-0.1, -0.05) is 30.3 Å². The standard InChI is InChI=1S/C19H21N5O3/c1-27-13-9-7-12(8-10-13)24-18-15(22-19(24)26)14(16(20)25)21-17(23-18)11-5-3-2-4-6-11/h2-6,12-13H,7-10H2,1H3,(H2,20,25)(H,22,26). The Bertz CT molecular complexity index is 1030. The number of nitrogens with one attached hydrogen (secondary N) is 1. The number of amides is 1. The number of nitrogens with two attached hydrogens (primary N) is 1. The van der Waals surface area contributed by atoms with Crippen LogP contribution in [0, 0.1) is 0 Å². The van der Waals surface area contributed by atoms with Gasteiger partial charge in [0.25, 0.3) is 5.91 Å². The maximum Gasteiger partial charge on any atom is 0.327 e. The molecule has 140 valence electrons. The highest BCUT2D eigenvalue weighted by atomic mass is 16.5. The van der Waals surface area contributed by atoms with Crippen LogP contribution in [-0.4, -0.2) is 38.6 Å². The summed E-state index contributed by atoms with van der Waals surface area (Å²) in [7, 11) is 1.71. The quantitative estimate of drug-likeness (QED) is 0.732. The summed E-state index contributed by atoms with van der Waals surface area (Å²) >= 11 is 0. The number of carbonyl (C=O) groups is 1. The number of aromatic nitrogens is 4. The van der Waals surface area contributed by atoms with Gasteiger partial charge in [0.05, 0.1) is 6.10 Å². The van der Waals surface area contributed by atoms with E-state index in [0.717, 1.165) is 31.2 Å². The van der Waals surface area contributed by atoms with Crippen LogP contribution in [0.3, 0.4) is 0 Å². The van der Waals surface area contributed by atoms with Gasteiger partial charge in [0.1, 0.15) is 5.52 Å². The Morgan fingerprint density at radius 2 is 1.89 bits per heavy atom. The summed E-state index contributed by atoms with van der Waals surface area (Å²) in [5, 5.41) is 0. The third-order valence-corrected chi connectivity index (χ3v) is 5.18. The van der Waals surface area contributed by atoms with Crippen molar-refractivity contribution in [2.45, 2.75) is 37.8 Å². The molecular formula is C19H21N5O3. The number of hydrogen-bond donors (Lipinski definition) is 2. The van der Waals surface area contributed by atoms with Gasteiger partial charge in [-0.15, -0.1) is 0 Å². The van der Waals surface area contributed by atoms with Gasteiger partial charge in [-0.2, -0.15) is 0 Å². The van der Waals surface area contributed by atoms with Crippen LogP contribution in [0.15, 0.2) is 35.1 Å². The lowest BCUT2D eigenvalue weighted by atomic mass is 9.93. The van der Waals surface area contributed by atoms with Crippen molar-refractivity contribution >= 4 is 17.1 Å². The smallest absolute Gasteiger partial charge is 0.327 e. The van der Waals surface area contributed by atoms with Crippen molar-refractivity contribution < 1.29 is 9.53 Å². The minimum atomic E-state index is -0.698. The molecule has 0 atom stereocenters. The minimum Gasteiger partial charge on any atom is -0.381 e. The lowest BCUT2D eigenvalue weighted by Gasteiger charge is -2.28. The summed E-state index contributed by atoms with van der Waals surface area (Å²) in [4.78, 5) is 36.3. The second-order valence-corrected chi connectivity index (χ2v) is 6.79. The predicted molar refractivity (Wildman–Crippen MR) is 100 cm³/mol. The number of carbonyl (C=O) groups excluding carboxylic acids is 1. The van der Waals surface area contributed by atoms with E-state index in [1.54, 1.807) is 11.7 Å². The Hall–Kier alpha value is -3.00. The molecule has 1 amide bonds. The molecule has 0 aliphatic heterocycles. The van der Waals surface area contributed by atoms with E-state index >= 15 is 0 Å². The molecule has 0 radical (unpaired) electrons. The molecule has 3 N–H and O–H groups in total. The van der Waals surface area contributed by atoms with Crippen molar-refractivity contribution in [3.63, 3.8) is 0 Å². The van der Waals surface area contributed by atoms with Gasteiger partial charge in [0.2, 0.25) is 0 Å². The Morgan fingerprint density at radius 3 is 2.52 bits per heavy atom. The third-order valence-electron chi connectivity index (χ3n) is 5.18. The number of primary amides is 1. The van der Waals surface area contributed by atoms with Gasteiger partial charge in [0.15, 0.2) is 17.2 Å². The molecular weight excluding hydrogens is 346 g/mol. The molecule has 8 heteroatoms. The number of H-pyrrole nitrogens is 1. The molecule has 27 heavy (non-hydrogen) atoms. The molecule has 2 heterocycles. The number of benzene rings is 1. The van der Waals surface area contributed by atoms with Gasteiger partial charge in [-0.25, -0.2) is 14.8 Å². The van der Waals surface area contributed by atoms with Gasteiger partial charge in [-0.05, 0) is 25.7 Å². The summed E-state index contributed by atoms with van der Waals surface area (Å²) in [6.45, 7) is 0. The number of hydrogen-bond acceptors (Lipinski definition) is 5. The average molecular weight is 367 g/mol. The van der Waals surface area contributed by atoms with Crippen LogP contribution in [0.4, 0.5) is 0 Å². The van der Waals surface area contributed by atoms with Crippen molar-refractivity contribution in [2.24, 2.45) is 5.73 Å². The molecule has 0 spiro atoms. The normalized spacial score (nSPS) is 20.0. The van der Waals surface area contributed by atoms with Crippen LogP contribution in [0.2, 0.25) is 0 Å². The molecule has 1 fully saturated rings. The highest BCUT2D eigenvalue weighted by Gasteiger charge is 2.27. The van der Waals surface area contributed by atoms with Crippen LogP contribution in [-0.2, 0) is 4.74 Å². The average Bonchev–Trinajstić information content (AvgIpc) is 3.03. The fourth-order valence-electron chi connectivity index (χ4n) is 3.77. The zero-order valence-corrected chi connectivity index (χ0v) is 15.0. The van der Waals surface area contributed by atoms with E-state index in [0.29, 0.717) is 17.0 Å². The Labute approximate surface area is 155 Å². The predicted octanol–water partition coefficient (Wildman–Crippen LogP) is 2.02. The zero-order valence-electron chi connectivity index (χ0n) is 15.0. The molecule has 0 unspecified atom stereocenters.